The standard InChI is InChI=1S/C31H28FN3O5S/c32-24-16-20(18-4-6-19(7-5-18)28(36)22-2-1-3-23(22)30(38)39)8-10-25(24)33-31-34-26-11-9-21(17-27(26)41-31)29(37)35-12-14-40-15-13-35/h4-11,16-17,22-23H,1-3,12-15H2,(H,33,34)(H,38,39). The molecule has 1 aliphatic carbocycles. The Morgan fingerprint density at radius 1 is 0.927 bits per heavy atom. The number of fused-ring (bicyclic) bond motifs is 1. The zero-order valence-electron chi connectivity index (χ0n) is 22.1. The van der Waals surface area contributed by atoms with Gasteiger partial charge in [0.25, 0.3) is 5.91 Å². The van der Waals surface area contributed by atoms with E-state index in [1.807, 2.05) is 6.07 Å². The lowest BCUT2D eigenvalue weighted by atomic mass is 9.88. The van der Waals surface area contributed by atoms with Gasteiger partial charge >= 0.3 is 5.97 Å². The number of carbonyl (C=O) groups is 3. The van der Waals surface area contributed by atoms with Crippen LogP contribution in [0.4, 0.5) is 15.2 Å². The van der Waals surface area contributed by atoms with Gasteiger partial charge in [0.05, 0.1) is 35.0 Å². The van der Waals surface area contributed by atoms with E-state index in [9.17, 15) is 19.5 Å². The molecular formula is C31H28FN3O5S. The van der Waals surface area contributed by atoms with Crippen molar-refractivity contribution in [3.8, 4) is 11.1 Å². The van der Waals surface area contributed by atoms with E-state index >= 15 is 4.39 Å². The van der Waals surface area contributed by atoms with Crippen molar-refractivity contribution in [2.45, 2.75) is 19.3 Å². The van der Waals surface area contributed by atoms with Crippen LogP contribution in [0.15, 0.2) is 60.7 Å². The van der Waals surface area contributed by atoms with E-state index in [0.29, 0.717) is 61.0 Å². The first-order chi connectivity index (χ1) is 19.9. The number of aromatic nitrogens is 1. The fraction of sp³-hybridized carbons (Fsp3) is 0.290. The van der Waals surface area contributed by atoms with E-state index in [4.69, 9.17) is 4.74 Å². The third-order valence-corrected chi connectivity index (χ3v) is 8.75. The van der Waals surface area contributed by atoms with Crippen LogP contribution in [0.5, 0.6) is 0 Å². The van der Waals surface area contributed by atoms with Gasteiger partial charge in [-0.05, 0) is 54.3 Å². The number of aliphatic carboxylic acids is 1. The van der Waals surface area contributed by atoms with Crippen molar-refractivity contribution in [3.05, 3.63) is 77.6 Å². The second kappa shape index (κ2) is 11.4. The molecule has 4 aromatic rings. The summed E-state index contributed by atoms with van der Waals surface area (Å²) in [6, 6.07) is 17.1. The summed E-state index contributed by atoms with van der Waals surface area (Å²) in [6.45, 7) is 2.20. The number of morpholine rings is 1. The van der Waals surface area contributed by atoms with Crippen LogP contribution in [-0.4, -0.2) is 59.0 Å². The van der Waals surface area contributed by atoms with Gasteiger partial charge in [-0.2, -0.15) is 0 Å². The third-order valence-electron chi connectivity index (χ3n) is 7.82. The quantitative estimate of drug-likeness (QED) is 0.261. The second-order valence-electron chi connectivity index (χ2n) is 10.3. The fourth-order valence-corrected chi connectivity index (χ4v) is 6.50. The molecule has 2 unspecified atom stereocenters. The monoisotopic (exact) mass is 573 g/mol. The number of nitrogens with zero attached hydrogens (tertiary/aromatic N) is 2. The Kier molecular flexibility index (Phi) is 7.51. The van der Waals surface area contributed by atoms with Crippen LogP contribution < -0.4 is 5.32 Å². The SMILES string of the molecule is O=C(O)C1CCCC1C(=O)c1ccc(-c2ccc(Nc3nc4ccc(C(=O)N5CCOCC5)cc4s3)c(F)c2)cc1. The van der Waals surface area contributed by atoms with Crippen LogP contribution in [0.1, 0.15) is 40.0 Å². The maximum absolute atomic E-state index is 15.1. The fourth-order valence-electron chi connectivity index (χ4n) is 5.58. The number of hydrogen-bond acceptors (Lipinski definition) is 7. The number of carboxylic acids is 1. The smallest absolute Gasteiger partial charge is 0.307 e. The summed E-state index contributed by atoms with van der Waals surface area (Å²) in [4.78, 5) is 43.6. The minimum atomic E-state index is -0.920. The van der Waals surface area contributed by atoms with Crippen molar-refractivity contribution < 1.29 is 28.6 Å². The lowest BCUT2D eigenvalue weighted by Gasteiger charge is -2.26. The molecule has 41 heavy (non-hydrogen) atoms. The van der Waals surface area contributed by atoms with E-state index in [1.165, 1.54) is 17.4 Å². The van der Waals surface area contributed by atoms with Crippen molar-refractivity contribution in [1.29, 1.82) is 0 Å². The molecule has 1 aromatic heterocycles. The number of carboxylic acid groups (broad SMARTS) is 1. The summed E-state index contributed by atoms with van der Waals surface area (Å²) < 4.78 is 21.3. The minimum absolute atomic E-state index is 0.0415. The largest absolute Gasteiger partial charge is 0.481 e. The topological polar surface area (TPSA) is 109 Å². The number of anilines is 2. The Hall–Kier alpha value is -4.15. The molecule has 1 aliphatic heterocycles. The van der Waals surface area contributed by atoms with Crippen LogP contribution in [0.3, 0.4) is 0 Å². The summed E-state index contributed by atoms with van der Waals surface area (Å²) in [7, 11) is 0. The summed E-state index contributed by atoms with van der Waals surface area (Å²) in [5.74, 6) is -2.70. The Labute approximate surface area is 239 Å². The second-order valence-corrected chi connectivity index (χ2v) is 11.4. The van der Waals surface area contributed by atoms with Crippen LogP contribution in [-0.2, 0) is 9.53 Å². The number of Topliss-reactive ketones (excluding diaryl/α,β-unsaturated/α-hetero) is 1. The van der Waals surface area contributed by atoms with Gasteiger partial charge in [0, 0.05) is 30.1 Å². The van der Waals surface area contributed by atoms with Crippen molar-refractivity contribution in [3.63, 3.8) is 0 Å². The maximum atomic E-state index is 15.1. The summed E-state index contributed by atoms with van der Waals surface area (Å²) in [5.41, 5.74) is 3.43. The zero-order chi connectivity index (χ0) is 28.5. The lowest BCUT2D eigenvalue weighted by molar-refractivity contribution is -0.142. The number of halogens is 1. The van der Waals surface area contributed by atoms with E-state index in [1.54, 1.807) is 53.4 Å². The van der Waals surface area contributed by atoms with Gasteiger partial charge in [-0.25, -0.2) is 9.37 Å². The Bertz CT molecular complexity index is 1630. The average Bonchev–Trinajstić information content (AvgIpc) is 3.65. The number of nitrogens with one attached hydrogen (secondary N) is 1. The number of thiazole rings is 1. The number of carbonyl (C=O) groups excluding carboxylic acids is 2. The molecule has 2 aliphatic rings. The molecule has 1 amide bonds. The van der Waals surface area contributed by atoms with E-state index in [2.05, 4.69) is 10.3 Å². The number of benzene rings is 3. The Morgan fingerprint density at radius 3 is 2.37 bits per heavy atom. The summed E-state index contributed by atoms with van der Waals surface area (Å²) in [5, 5.41) is 13.0. The molecule has 210 valence electrons. The molecule has 2 heterocycles. The van der Waals surface area contributed by atoms with E-state index < -0.39 is 23.6 Å². The summed E-state index contributed by atoms with van der Waals surface area (Å²) in [6.07, 6.45) is 1.84. The normalized spacial score (nSPS) is 18.9. The number of ether oxygens (including phenoxy) is 1. The maximum Gasteiger partial charge on any atom is 0.307 e. The molecule has 2 fully saturated rings. The van der Waals surface area contributed by atoms with Crippen molar-refractivity contribution in [2.24, 2.45) is 11.8 Å². The molecule has 6 rings (SSSR count). The van der Waals surface area contributed by atoms with Gasteiger partial charge < -0.3 is 20.1 Å². The van der Waals surface area contributed by atoms with Crippen LogP contribution >= 0.6 is 11.3 Å². The molecule has 3 aromatic carbocycles. The van der Waals surface area contributed by atoms with Crippen LogP contribution in [0.25, 0.3) is 21.3 Å². The van der Waals surface area contributed by atoms with Crippen molar-refractivity contribution in [2.75, 3.05) is 31.6 Å². The van der Waals surface area contributed by atoms with E-state index in [-0.39, 0.29) is 17.4 Å². The van der Waals surface area contributed by atoms with Crippen LogP contribution in [0.2, 0.25) is 0 Å². The number of amides is 1. The number of ketones is 1. The number of hydrogen-bond donors (Lipinski definition) is 2. The molecule has 1 saturated heterocycles. The molecule has 0 spiro atoms. The van der Waals surface area contributed by atoms with Gasteiger partial charge in [0.15, 0.2) is 10.9 Å². The third kappa shape index (κ3) is 5.57. The number of rotatable bonds is 7. The molecule has 2 N–H and O–H groups in total. The summed E-state index contributed by atoms with van der Waals surface area (Å²) >= 11 is 1.34. The van der Waals surface area contributed by atoms with Gasteiger partial charge in [-0.15, -0.1) is 0 Å². The van der Waals surface area contributed by atoms with Crippen molar-refractivity contribution >= 4 is 50.0 Å². The van der Waals surface area contributed by atoms with Gasteiger partial charge in [-0.3, -0.25) is 14.4 Å². The molecule has 1 saturated carbocycles. The molecule has 8 nitrogen and oxygen atoms in total. The highest BCUT2D eigenvalue weighted by Crippen LogP contribution is 2.35. The first kappa shape index (κ1) is 27.0. The first-order valence-corrected chi connectivity index (χ1v) is 14.4. The highest BCUT2D eigenvalue weighted by molar-refractivity contribution is 7.22. The van der Waals surface area contributed by atoms with Gasteiger partial charge in [0.1, 0.15) is 5.82 Å². The first-order valence-electron chi connectivity index (χ1n) is 13.6. The van der Waals surface area contributed by atoms with Crippen molar-refractivity contribution in [1.82, 2.24) is 9.88 Å². The molecule has 0 radical (unpaired) electrons. The molecular weight excluding hydrogens is 545 g/mol. The highest BCUT2D eigenvalue weighted by Gasteiger charge is 2.37. The highest BCUT2D eigenvalue weighted by atomic mass is 32.1. The minimum Gasteiger partial charge on any atom is -0.481 e. The average molecular weight is 574 g/mol. The Balaban J connectivity index is 1.15. The molecule has 10 heteroatoms. The molecule has 0 bridgehead atoms. The Morgan fingerprint density at radius 2 is 1.63 bits per heavy atom. The van der Waals surface area contributed by atoms with Gasteiger partial charge in [-0.1, -0.05) is 48.1 Å². The van der Waals surface area contributed by atoms with Gasteiger partial charge in [0.2, 0.25) is 0 Å². The van der Waals surface area contributed by atoms with E-state index in [0.717, 1.165) is 22.2 Å². The lowest BCUT2D eigenvalue weighted by Crippen LogP contribution is -2.40. The predicted octanol–water partition coefficient (Wildman–Crippen LogP) is 6.00. The van der Waals surface area contributed by atoms with Crippen LogP contribution in [0, 0.1) is 17.7 Å². The molecule has 2 atom stereocenters. The zero-order valence-corrected chi connectivity index (χ0v) is 23.0. The predicted molar refractivity (Wildman–Crippen MR) is 154 cm³/mol.